The normalized spacial score (nSPS) is 10.8. The zero-order chi connectivity index (χ0) is 20.8. The van der Waals surface area contributed by atoms with Crippen molar-refractivity contribution in [1.82, 2.24) is 5.43 Å². The van der Waals surface area contributed by atoms with E-state index in [-0.39, 0.29) is 12.4 Å². The molecule has 3 aromatic rings. The number of nitrogens with zero attached hydrogens (tertiary/aromatic N) is 2. The number of carbonyl (C=O) groups excluding carboxylic acids is 1. The van der Waals surface area contributed by atoms with E-state index < -0.39 is 5.91 Å². The molecular weight excluding hydrogens is 553 g/mol. The molecule has 0 atom stereocenters. The van der Waals surface area contributed by atoms with Crippen molar-refractivity contribution in [3.63, 3.8) is 0 Å². The van der Waals surface area contributed by atoms with E-state index in [0.29, 0.717) is 29.3 Å². The molecule has 0 aliphatic carbocycles. The average Bonchev–Trinajstić information content (AvgIpc) is 3.12. The molecule has 0 aliphatic rings. The third-order valence-electron chi connectivity index (χ3n) is 3.70. The van der Waals surface area contributed by atoms with E-state index in [0.717, 1.165) is 13.4 Å². The van der Waals surface area contributed by atoms with Crippen LogP contribution in [-0.4, -0.2) is 25.3 Å². The summed E-state index contributed by atoms with van der Waals surface area (Å²) in [5.74, 6) is 0.680. The lowest BCUT2D eigenvalue weighted by Crippen LogP contribution is -2.16. The van der Waals surface area contributed by atoms with Crippen molar-refractivity contribution in [3.05, 3.63) is 55.8 Å². The maximum Gasteiger partial charge on any atom is 0.307 e. The summed E-state index contributed by atoms with van der Waals surface area (Å²) in [7, 11) is 0. The number of furan rings is 1. The van der Waals surface area contributed by atoms with Gasteiger partial charge in [-0.1, -0.05) is 15.9 Å². The highest BCUT2D eigenvalue weighted by Crippen LogP contribution is 2.29. The van der Waals surface area contributed by atoms with Crippen molar-refractivity contribution < 1.29 is 18.7 Å². The molecule has 9 heteroatoms. The molecule has 29 heavy (non-hydrogen) atoms. The average molecular weight is 568 g/mol. The van der Waals surface area contributed by atoms with Crippen LogP contribution in [0.15, 0.2) is 50.4 Å². The number of hydrogen-bond donors (Lipinski definition) is 1. The highest BCUT2D eigenvalue weighted by atomic mass is 127. The lowest BCUT2D eigenvalue weighted by Gasteiger charge is -2.10. The number of nitriles is 1. The van der Waals surface area contributed by atoms with E-state index in [1.54, 1.807) is 24.3 Å². The first-order chi connectivity index (χ1) is 14.0. The molecule has 0 unspecified atom stereocenters. The molecule has 0 saturated heterocycles. The molecule has 0 aliphatic heterocycles. The zero-order valence-electron chi connectivity index (χ0n) is 15.2. The monoisotopic (exact) mass is 567 g/mol. The topological polar surface area (TPSA) is 96.8 Å². The molecular formula is C20H15BrIN3O4. The minimum absolute atomic E-state index is 0.0728. The van der Waals surface area contributed by atoms with Crippen molar-refractivity contribution in [3.8, 4) is 17.6 Å². The van der Waals surface area contributed by atoms with Gasteiger partial charge in [0.2, 0.25) is 0 Å². The molecule has 3 rings (SSSR count). The van der Waals surface area contributed by atoms with Gasteiger partial charge in [-0.15, -0.1) is 0 Å². The van der Waals surface area contributed by atoms with Gasteiger partial charge in [-0.05, 0) is 71.5 Å². The van der Waals surface area contributed by atoms with E-state index in [1.807, 2.05) is 25.1 Å². The van der Waals surface area contributed by atoms with Crippen LogP contribution >= 0.6 is 38.5 Å². The van der Waals surface area contributed by atoms with Crippen LogP contribution in [0.1, 0.15) is 23.0 Å². The van der Waals surface area contributed by atoms with Crippen molar-refractivity contribution in [2.75, 3.05) is 13.2 Å². The van der Waals surface area contributed by atoms with Gasteiger partial charge in [-0.3, -0.25) is 4.79 Å². The van der Waals surface area contributed by atoms with Crippen LogP contribution in [0, 0.1) is 14.9 Å². The Morgan fingerprint density at radius 3 is 2.90 bits per heavy atom. The predicted octanol–water partition coefficient (Wildman–Crippen LogP) is 4.86. The number of ether oxygens (including phenoxy) is 2. The van der Waals surface area contributed by atoms with E-state index in [1.165, 1.54) is 6.21 Å². The van der Waals surface area contributed by atoms with Crippen LogP contribution in [0.4, 0.5) is 0 Å². The van der Waals surface area contributed by atoms with E-state index >= 15 is 0 Å². The molecule has 0 radical (unpaired) electrons. The third-order valence-corrected chi connectivity index (χ3v) is 4.96. The Hall–Kier alpha value is -2.58. The van der Waals surface area contributed by atoms with Crippen LogP contribution < -0.4 is 14.9 Å². The second-order valence-electron chi connectivity index (χ2n) is 5.70. The van der Waals surface area contributed by atoms with Crippen LogP contribution in [0.5, 0.6) is 11.5 Å². The van der Waals surface area contributed by atoms with Gasteiger partial charge in [0, 0.05) is 9.86 Å². The van der Waals surface area contributed by atoms with Gasteiger partial charge in [0.25, 0.3) is 0 Å². The number of rotatable bonds is 7. The van der Waals surface area contributed by atoms with Gasteiger partial charge in [0.1, 0.15) is 11.7 Å². The summed E-state index contributed by atoms with van der Waals surface area (Å²) in [6, 6.07) is 12.5. The summed E-state index contributed by atoms with van der Waals surface area (Å²) in [5, 5.41) is 13.5. The fourth-order valence-corrected chi connectivity index (χ4v) is 4.17. The van der Waals surface area contributed by atoms with Gasteiger partial charge in [0.15, 0.2) is 23.9 Å². The molecule has 1 heterocycles. The number of carbonyl (C=O) groups is 1. The highest BCUT2D eigenvalue weighted by molar-refractivity contribution is 14.1. The number of hydrogen-bond acceptors (Lipinski definition) is 6. The summed E-state index contributed by atoms with van der Waals surface area (Å²) in [6.45, 7) is 2.22. The third kappa shape index (κ3) is 5.27. The van der Waals surface area contributed by atoms with Gasteiger partial charge in [0.05, 0.1) is 16.4 Å². The first-order valence-electron chi connectivity index (χ1n) is 8.50. The molecule has 148 valence electrons. The van der Waals surface area contributed by atoms with E-state index in [4.69, 9.17) is 19.2 Å². The number of nitrogens with one attached hydrogen (secondary N) is 1. The fourth-order valence-electron chi connectivity index (χ4n) is 2.51. The summed E-state index contributed by atoms with van der Waals surface area (Å²) in [6.07, 6.45) is 1.48. The van der Waals surface area contributed by atoms with Crippen LogP contribution in [-0.2, 0) is 0 Å². The van der Waals surface area contributed by atoms with Crippen LogP contribution in [0.3, 0.4) is 0 Å². The molecule has 0 fully saturated rings. The smallest absolute Gasteiger partial charge is 0.307 e. The second kappa shape index (κ2) is 9.76. The number of hydrazone groups is 1. The Bertz CT molecular complexity index is 1120. The first-order valence-corrected chi connectivity index (χ1v) is 10.4. The SMILES string of the molecule is CCOc1cc(/C=N\NC(=O)c2cc3cc(Br)cc(I)c3o2)ccc1OCC#N. The standard InChI is InChI=1S/C20H15BrIN3O4/c1-2-27-17-7-12(3-4-16(17)28-6-5-23)11-24-25-20(26)18-9-13-8-14(21)10-15(22)19(13)29-18/h3-4,7-11H,2,6H2,1H3,(H,25,26)/b24-11-. The first kappa shape index (κ1) is 21.1. The zero-order valence-corrected chi connectivity index (χ0v) is 19.0. The minimum Gasteiger partial charge on any atom is -0.490 e. The lowest BCUT2D eigenvalue weighted by atomic mass is 10.2. The van der Waals surface area contributed by atoms with Gasteiger partial charge in [-0.2, -0.15) is 10.4 Å². The summed E-state index contributed by atoms with van der Waals surface area (Å²) in [5.41, 5.74) is 3.80. The highest BCUT2D eigenvalue weighted by Gasteiger charge is 2.14. The molecule has 7 nitrogen and oxygen atoms in total. The Morgan fingerprint density at radius 1 is 1.31 bits per heavy atom. The lowest BCUT2D eigenvalue weighted by molar-refractivity contribution is 0.0929. The molecule has 0 bridgehead atoms. The Balaban J connectivity index is 1.72. The molecule has 1 N–H and O–H groups in total. The van der Waals surface area contributed by atoms with E-state index in [9.17, 15) is 4.79 Å². The Labute approximate surface area is 188 Å². The fraction of sp³-hybridized carbons (Fsp3) is 0.150. The van der Waals surface area contributed by atoms with Crippen molar-refractivity contribution in [2.45, 2.75) is 6.92 Å². The largest absolute Gasteiger partial charge is 0.490 e. The van der Waals surface area contributed by atoms with Gasteiger partial charge < -0.3 is 13.9 Å². The Kier molecular flexibility index (Phi) is 7.11. The summed E-state index contributed by atoms with van der Waals surface area (Å²) >= 11 is 5.58. The predicted molar refractivity (Wildman–Crippen MR) is 120 cm³/mol. The summed E-state index contributed by atoms with van der Waals surface area (Å²) in [4.78, 5) is 12.3. The van der Waals surface area contributed by atoms with Gasteiger partial charge >= 0.3 is 5.91 Å². The minimum atomic E-state index is -0.455. The van der Waals surface area contributed by atoms with Crippen molar-refractivity contribution >= 4 is 61.6 Å². The van der Waals surface area contributed by atoms with Crippen molar-refractivity contribution in [2.24, 2.45) is 5.10 Å². The molecule has 0 spiro atoms. The second-order valence-corrected chi connectivity index (χ2v) is 7.78. The Morgan fingerprint density at radius 2 is 2.14 bits per heavy atom. The molecule has 1 amide bonds. The number of benzene rings is 2. The maximum atomic E-state index is 12.3. The van der Waals surface area contributed by atoms with Crippen molar-refractivity contribution in [1.29, 1.82) is 5.26 Å². The number of amides is 1. The van der Waals surface area contributed by atoms with E-state index in [2.05, 4.69) is 49.0 Å². The summed E-state index contributed by atoms with van der Waals surface area (Å²) < 4.78 is 18.3. The van der Waals surface area contributed by atoms with Gasteiger partial charge in [-0.25, -0.2) is 5.43 Å². The maximum absolute atomic E-state index is 12.3. The van der Waals surface area contributed by atoms with Crippen LogP contribution in [0.2, 0.25) is 0 Å². The number of halogens is 2. The molecule has 2 aromatic carbocycles. The quantitative estimate of drug-likeness (QED) is 0.250. The molecule has 0 saturated carbocycles. The number of fused-ring (bicyclic) bond motifs is 1. The van der Waals surface area contributed by atoms with Crippen LogP contribution in [0.25, 0.3) is 11.0 Å². The molecule has 1 aromatic heterocycles.